The number of halogens is 1. The number of hydrogen-bond donors (Lipinski definition) is 2. The van der Waals surface area contributed by atoms with Crippen LogP contribution in [0.1, 0.15) is 24.1 Å². The third-order valence-corrected chi connectivity index (χ3v) is 3.07. The fourth-order valence-electron chi connectivity index (χ4n) is 1.99. The predicted octanol–water partition coefficient (Wildman–Crippen LogP) is 2.83. The van der Waals surface area contributed by atoms with Crippen molar-refractivity contribution in [2.24, 2.45) is 0 Å². The fraction of sp³-hybridized carbons (Fsp3) is 0.188. The second-order valence-corrected chi connectivity index (χ2v) is 4.76. The van der Waals surface area contributed by atoms with Gasteiger partial charge < -0.3 is 11.1 Å². The Bertz CT molecular complexity index is 596. The van der Waals surface area contributed by atoms with Crippen LogP contribution in [0.5, 0.6) is 0 Å². The van der Waals surface area contributed by atoms with E-state index >= 15 is 0 Å². The Morgan fingerprint density at radius 2 is 1.95 bits per heavy atom. The maximum absolute atomic E-state index is 13.0. The molecule has 0 saturated carbocycles. The number of anilines is 1. The number of nitrogen functional groups attached to an aromatic ring is 1. The molecule has 2 aromatic rings. The molecule has 1 unspecified atom stereocenters. The number of nitrogens with one attached hydrogen (secondary N) is 1. The Hall–Kier alpha value is -2.36. The molecule has 0 aromatic heterocycles. The third kappa shape index (κ3) is 3.82. The number of carbonyl (C=O) groups excluding carboxylic acids is 1. The zero-order chi connectivity index (χ0) is 14.5. The molecule has 0 aliphatic rings. The predicted molar refractivity (Wildman–Crippen MR) is 77.5 cm³/mol. The van der Waals surface area contributed by atoms with Crippen LogP contribution >= 0.6 is 0 Å². The highest BCUT2D eigenvalue weighted by Gasteiger charge is 2.10. The molecule has 2 aromatic carbocycles. The molecule has 0 aliphatic carbocycles. The van der Waals surface area contributed by atoms with E-state index in [-0.39, 0.29) is 24.2 Å². The van der Waals surface area contributed by atoms with Crippen molar-refractivity contribution in [3.05, 3.63) is 65.5 Å². The molecule has 104 valence electrons. The molecule has 0 spiro atoms. The highest BCUT2D eigenvalue weighted by atomic mass is 19.1. The molecule has 3 N–H and O–H groups in total. The second kappa shape index (κ2) is 6.19. The minimum Gasteiger partial charge on any atom is -0.399 e. The lowest BCUT2D eigenvalue weighted by Crippen LogP contribution is -2.28. The molecular weight excluding hydrogens is 255 g/mol. The lowest BCUT2D eigenvalue weighted by molar-refractivity contribution is -0.121. The molecule has 0 aliphatic heterocycles. The maximum Gasteiger partial charge on any atom is 0.224 e. The number of nitrogens with two attached hydrogens (primary N) is 1. The highest BCUT2D eigenvalue weighted by Crippen LogP contribution is 2.14. The molecular formula is C16H17FN2O. The van der Waals surface area contributed by atoms with E-state index in [1.807, 2.05) is 19.1 Å². The summed E-state index contributed by atoms with van der Waals surface area (Å²) in [6, 6.07) is 13.3. The molecule has 3 nitrogen and oxygen atoms in total. The van der Waals surface area contributed by atoms with E-state index in [4.69, 9.17) is 5.73 Å². The normalized spacial score (nSPS) is 11.9. The largest absolute Gasteiger partial charge is 0.399 e. The van der Waals surface area contributed by atoms with Crippen LogP contribution < -0.4 is 11.1 Å². The summed E-state index contributed by atoms with van der Waals surface area (Å²) in [6.45, 7) is 1.90. The minimum absolute atomic E-state index is 0.114. The molecule has 0 heterocycles. The standard InChI is InChI=1S/C16H17FN2O/c1-11(13-5-7-15(18)8-6-13)19-16(20)10-12-3-2-4-14(17)9-12/h2-9,11H,10,18H2,1H3,(H,19,20). The molecule has 1 amide bonds. The third-order valence-electron chi connectivity index (χ3n) is 3.07. The SMILES string of the molecule is CC(NC(=O)Cc1cccc(F)c1)c1ccc(N)cc1. The first kappa shape index (κ1) is 14.1. The van der Waals surface area contributed by atoms with Gasteiger partial charge in [0.15, 0.2) is 0 Å². The van der Waals surface area contributed by atoms with Gasteiger partial charge in [0.1, 0.15) is 5.82 Å². The van der Waals surface area contributed by atoms with Crippen LogP contribution in [0.4, 0.5) is 10.1 Å². The summed E-state index contributed by atoms with van der Waals surface area (Å²) in [5.41, 5.74) is 7.95. The van der Waals surface area contributed by atoms with Gasteiger partial charge in [0.2, 0.25) is 5.91 Å². The first-order valence-electron chi connectivity index (χ1n) is 6.44. The van der Waals surface area contributed by atoms with Crippen LogP contribution in [0.15, 0.2) is 48.5 Å². The lowest BCUT2D eigenvalue weighted by Gasteiger charge is -2.14. The van der Waals surface area contributed by atoms with Crippen LogP contribution in [-0.2, 0) is 11.2 Å². The first-order valence-corrected chi connectivity index (χ1v) is 6.44. The second-order valence-electron chi connectivity index (χ2n) is 4.76. The monoisotopic (exact) mass is 272 g/mol. The molecule has 20 heavy (non-hydrogen) atoms. The van der Waals surface area contributed by atoms with E-state index in [1.165, 1.54) is 12.1 Å². The van der Waals surface area contributed by atoms with Gasteiger partial charge in [-0.3, -0.25) is 4.79 Å². The van der Waals surface area contributed by atoms with Crippen LogP contribution in [0, 0.1) is 5.82 Å². The van der Waals surface area contributed by atoms with Crippen molar-refractivity contribution in [1.29, 1.82) is 0 Å². The topological polar surface area (TPSA) is 55.1 Å². The summed E-state index contributed by atoms with van der Waals surface area (Å²) >= 11 is 0. The summed E-state index contributed by atoms with van der Waals surface area (Å²) in [4.78, 5) is 11.9. The van der Waals surface area contributed by atoms with Crippen molar-refractivity contribution in [1.82, 2.24) is 5.32 Å². The molecule has 2 rings (SSSR count). The van der Waals surface area contributed by atoms with Gasteiger partial charge in [-0.15, -0.1) is 0 Å². The number of hydrogen-bond acceptors (Lipinski definition) is 2. The van der Waals surface area contributed by atoms with Crippen molar-refractivity contribution in [3.8, 4) is 0 Å². The van der Waals surface area contributed by atoms with Crippen molar-refractivity contribution < 1.29 is 9.18 Å². The summed E-state index contributed by atoms with van der Waals surface area (Å²) in [5, 5.41) is 2.88. The molecule has 0 fully saturated rings. The average Bonchev–Trinajstić information content (AvgIpc) is 2.39. The van der Waals surface area contributed by atoms with E-state index in [1.54, 1.807) is 24.3 Å². The van der Waals surface area contributed by atoms with Gasteiger partial charge in [0, 0.05) is 5.69 Å². The van der Waals surface area contributed by atoms with E-state index in [2.05, 4.69) is 5.32 Å². The lowest BCUT2D eigenvalue weighted by atomic mass is 10.1. The molecule has 0 bridgehead atoms. The van der Waals surface area contributed by atoms with Crippen LogP contribution in [-0.4, -0.2) is 5.91 Å². The van der Waals surface area contributed by atoms with E-state index in [0.717, 1.165) is 5.56 Å². The zero-order valence-electron chi connectivity index (χ0n) is 11.3. The quantitative estimate of drug-likeness (QED) is 0.841. The van der Waals surface area contributed by atoms with Crippen LogP contribution in [0.2, 0.25) is 0 Å². The van der Waals surface area contributed by atoms with E-state index in [9.17, 15) is 9.18 Å². The Morgan fingerprint density at radius 1 is 1.25 bits per heavy atom. The average molecular weight is 272 g/mol. The zero-order valence-corrected chi connectivity index (χ0v) is 11.3. The number of carbonyl (C=O) groups is 1. The molecule has 0 saturated heterocycles. The smallest absolute Gasteiger partial charge is 0.224 e. The summed E-state index contributed by atoms with van der Waals surface area (Å²) in [6.07, 6.45) is 0.164. The minimum atomic E-state index is -0.332. The van der Waals surface area contributed by atoms with Gasteiger partial charge in [0.05, 0.1) is 12.5 Å². The van der Waals surface area contributed by atoms with Crippen molar-refractivity contribution in [2.45, 2.75) is 19.4 Å². The van der Waals surface area contributed by atoms with Gasteiger partial charge in [-0.2, -0.15) is 0 Å². The van der Waals surface area contributed by atoms with E-state index < -0.39 is 0 Å². The van der Waals surface area contributed by atoms with Crippen LogP contribution in [0.25, 0.3) is 0 Å². The maximum atomic E-state index is 13.0. The Morgan fingerprint density at radius 3 is 2.60 bits per heavy atom. The van der Waals surface area contributed by atoms with E-state index in [0.29, 0.717) is 11.3 Å². The van der Waals surface area contributed by atoms with Crippen molar-refractivity contribution in [3.63, 3.8) is 0 Å². The number of benzene rings is 2. The van der Waals surface area contributed by atoms with Gasteiger partial charge in [-0.25, -0.2) is 4.39 Å². The Balaban J connectivity index is 1.95. The highest BCUT2D eigenvalue weighted by molar-refractivity contribution is 5.79. The van der Waals surface area contributed by atoms with Gasteiger partial charge in [0.25, 0.3) is 0 Å². The van der Waals surface area contributed by atoms with Gasteiger partial charge >= 0.3 is 0 Å². The van der Waals surface area contributed by atoms with Crippen LogP contribution in [0.3, 0.4) is 0 Å². The Kier molecular flexibility index (Phi) is 4.35. The first-order chi connectivity index (χ1) is 9.54. The molecule has 1 atom stereocenters. The van der Waals surface area contributed by atoms with Gasteiger partial charge in [-0.05, 0) is 42.3 Å². The summed E-state index contributed by atoms with van der Waals surface area (Å²) in [5.74, 6) is -0.471. The van der Waals surface area contributed by atoms with Gasteiger partial charge in [-0.1, -0.05) is 24.3 Å². The van der Waals surface area contributed by atoms with Crippen molar-refractivity contribution in [2.75, 3.05) is 5.73 Å². The summed E-state index contributed by atoms with van der Waals surface area (Å²) in [7, 11) is 0. The Labute approximate surface area is 117 Å². The van der Waals surface area contributed by atoms with Crippen molar-refractivity contribution >= 4 is 11.6 Å². The molecule has 4 heteroatoms. The molecule has 0 radical (unpaired) electrons. The summed E-state index contributed by atoms with van der Waals surface area (Å²) < 4.78 is 13.0. The number of rotatable bonds is 4. The fourth-order valence-corrected chi connectivity index (χ4v) is 1.99. The number of amides is 1.